The molecule has 6 heteroatoms. The highest BCUT2D eigenvalue weighted by atomic mass is 15.0. The molecule has 28 aromatic carbocycles. The van der Waals surface area contributed by atoms with E-state index >= 15 is 0 Å². The normalized spacial score (nSPS) is 11.8. The third-order valence-electron chi connectivity index (χ3n) is 30.8. The second-order valence-electron chi connectivity index (χ2n) is 38.3. The number of para-hydroxylation sites is 3. The quantitative estimate of drug-likeness (QED) is 0.102. The van der Waals surface area contributed by atoms with Crippen molar-refractivity contribution in [2.45, 2.75) is 0 Å². The van der Waals surface area contributed by atoms with Crippen molar-refractivity contribution in [2.75, 3.05) is 0 Å². The Morgan fingerprint density at radius 2 is 0.400 bits per heavy atom. The molecule has 0 N–H and O–H groups in total. The lowest BCUT2D eigenvalue weighted by atomic mass is 9.86. The van der Waals surface area contributed by atoms with Gasteiger partial charge in [0, 0.05) is 49.4 Å². The number of hydrogen-bond acceptors (Lipinski definition) is 0. The lowest BCUT2D eigenvalue weighted by molar-refractivity contribution is 1.18. The highest BCUT2D eigenvalue weighted by Crippen LogP contribution is 2.53. The van der Waals surface area contributed by atoms with Gasteiger partial charge >= 0.3 is 0 Å². The van der Waals surface area contributed by atoms with Crippen LogP contribution in [0.4, 0.5) is 17.1 Å². The second-order valence-corrected chi connectivity index (χ2v) is 38.3. The predicted octanol–water partition coefficient (Wildman–Crippen LogP) is 39.3. The van der Waals surface area contributed by atoms with Crippen LogP contribution in [0.3, 0.4) is 0 Å². The molecule has 31 aromatic rings. The minimum Gasteiger partial charge on any atom is -0.309 e. The third kappa shape index (κ3) is 12.7. The fraction of sp³-hybridized carbons (Fsp3) is 0. The van der Waals surface area contributed by atoms with Crippen molar-refractivity contribution in [1.29, 1.82) is 0 Å². The largest absolute Gasteiger partial charge is 0.309 e. The Hall–Kier alpha value is -19.8. The van der Waals surface area contributed by atoms with Gasteiger partial charge in [0.25, 0.3) is 0 Å². The second kappa shape index (κ2) is 32.7. The number of aromatic nitrogens is 3. The van der Waals surface area contributed by atoms with Crippen LogP contribution in [0.15, 0.2) is 485 Å². The summed E-state index contributed by atoms with van der Waals surface area (Å²) in [7, 11) is 0. The van der Waals surface area contributed by atoms with Gasteiger partial charge in [0.2, 0.25) is 0 Å². The van der Waals surface area contributed by atoms with E-state index in [1.807, 2.05) is 18.2 Å². The fourth-order valence-corrected chi connectivity index (χ4v) is 24.4. The molecule has 3 heterocycles. The first-order valence-corrected chi connectivity index (χ1v) is 49.3. The Balaban J connectivity index is 0.000000103. The summed E-state index contributed by atoms with van der Waals surface area (Å²) >= 11 is 0. The van der Waals surface area contributed by atoms with Crippen molar-refractivity contribution < 1.29 is 0 Å². The number of benzene rings is 28. The Bertz CT molecular complexity index is 11000. The number of nitrogens with zero attached hydrogens (tertiary/aromatic N) is 6. The van der Waals surface area contributed by atoms with Gasteiger partial charge in [-0.1, -0.05) is 364 Å². The lowest BCUT2D eigenvalue weighted by Crippen LogP contribution is -1.94. The zero-order valence-electron chi connectivity index (χ0n) is 78.4. The summed E-state index contributed by atoms with van der Waals surface area (Å²) in [6.07, 6.45) is 0. The van der Waals surface area contributed by atoms with E-state index in [0.717, 1.165) is 82.5 Å². The first-order chi connectivity index (χ1) is 71.8. The molecule has 0 saturated heterocycles. The van der Waals surface area contributed by atoms with Gasteiger partial charge < -0.3 is 13.7 Å². The maximum atomic E-state index is 7.89. The third-order valence-corrected chi connectivity index (χ3v) is 30.8. The number of rotatable bonds is 9. The maximum Gasteiger partial charge on any atom is 0.195 e. The molecule has 0 saturated carbocycles. The molecule has 0 aliphatic rings. The van der Waals surface area contributed by atoms with Crippen LogP contribution in [0.1, 0.15) is 0 Å². The molecule has 0 radical (unpaired) electrons. The molecule has 0 unspecified atom stereocenters. The summed E-state index contributed by atoms with van der Waals surface area (Å²) in [5.41, 5.74) is 26.8. The van der Waals surface area contributed by atoms with Crippen molar-refractivity contribution in [1.82, 2.24) is 13.7 Å². The molecule has 666 valence electrons. The first kappa shape index (κ1) is 82.3. The van der Waals surface area contributed by atoms with Gasteiger partial charge in [-0.3, -0.25) is 0 Å². The molecule has 0 aliphatic carbocycles. The SMILES string of the molecule is [C-]#[N+]c1ccc2c3c1ccc1cc(-c4cc5c6ccccc6c(-c6cccc7ccccc67)cc5c5ccccc45)cc(c13)n2-c1ccccc1.[C-]#[N+]c1ccc2c3c1ccc1cc(-c4cc5c6ccccc6c(-c6ccccc6)cc5c5ccccc45)cc(c13)n2-c1ccccc1.[C-]#[N+]c1ccc2c3c1ccc1cc(-c4ccc(-c5cc6c7ccccc7ccc6c6ccccc56)cc4)cc(c13)n2-c1ccccc1. The summed E-state index contributed by atoms with van der Waals surface area (Å²) in [5.74, 6) is 0. The van der Waals surface area contributed by atoms with Crippen LogP contribution in [-0.2, 0) is 0 Å². The highest BCUT2D eigenvalue weighted by molar-refractivity contribution is 6.33. The van der Waals surface area contributed by atoms with Crippen LogP contribution in [0.2, 0.25) is 0 Å². The minimum atomic E-state index is 0.691. The lowest BCUT2D eigenvalue weighted by Gasteiger charge is -2.17. The van der Waals surface area contributed by atoms with Crippen LogP contribution in [-0.4, -0.2) is 13.7 Å². The molecule has 0 fully saturated rings. The zero-order chi connectivity index (χ0) is 95.8. The van der Waals surface area contributed by atoms with E-state index in [4.69, 9.17) is 19.7 Å². The number of fused-ring (bicyclic) bond motifs is 16. The van der Waals surface area contributed by atoms with Crippen LogP contribution in [0.5, 0.6) is 0 Å². The van der Waals surface area contributed by atoms with Crippen LogP contribution >= 0.6 is 0 Å². The average Bonchev–Trinajstić information content (AvgIpc) is 1.50. The average molecular weight is 1830 g/mol. The van der Waals surface area contributed by atoms with E-state index in [0.29, 0.717) is 17.1 Å². The van der Waals surface area contributed by atoms with Crippen molar-refractivity contribution in [2.24, 2.45) is 0 Å². The molecule has 3 aromatic heterocycles. The van der Waals surface area contributed by atoms with E-state index in [-0.39, 0.29) is 0 Å². The van der Waals surface area contributed by atoms with Gasteiger partial charge in [0.05, 0.1) is 52.8 Å². The molecule has 145 heavy (non-hydrogen) atoms. The van der Waals surface area contributed by atoms with E-state index < -0.39 is 0 Å². The summed E-state index contributed by atoms with van der Waals surface area (Å²) in [6, 6.07) is 175. The van der Waals surface area contributed by atoms with E-state index in [2.05, 4.69) is 495 Å². The van der Waals surface area contributed by atoms with Gasteiger partial charge in [-0.25, -0.2) is 14.5 Å². The topological polar surface area (TPSA) is 27.9 Å². The molecule has 0 aliphatic heterocycles. The van der Waals surface area contributed by atoms with Gasteiger partial charge in [-0.2, -0.15) is 0 Å². The minimum absolute atomic E-state index is 0.691. The molecule has 6 nitrogen and oxygen atoms in total. The molecule has 0 spiro atoms. The van der Waals surface area contributed by atoms with Crippen molar-refractivity contribution >= 4 is 223 Å². The Morgan fingerprint density at radius 3 is 0.800 bits per heavy atom. The summed E-state index contributed by atoms with van der Waals surface area (Å²) in [6.45, 7) is 23.5. The Labute approximate surface area is 833 Å². The van der Waals surface area contributed by atoms with Gasteiger partial charge in [-0.05, 0) is 328 Å². The summed E-state index contributed by atoms with van der Waals surface area (Å²) in [4.78, 5) is 11.6. The monoisotopic (exact) mass is 1830 g/mol. The maximum absolute atomic E-state index is 7.89. The van der Waals surface area contributed by atoms with E-state index in [1.165, 1.54) is 207 Å². The van der Waals surface area contributed by atoms with Crippen LogP contribution in [0.25, 0.3) is 304 Å². The van der Waals surface area contributed by atoms with Gasteiger partial charge in [-0.15, -0.1) is 0 Å². The van der Waals surface area contributed by atoms with E-state index in [1.54, 1.807) is 0 Å². The Morgan fingerprint density at radius 1 is 0.131 bits per heavy atom. The zero-order valence-corrected chi connectivity index (χ0v) is 78.4. The van der Waals surface area contributed by atoms with Gasteiger partial charge in [0.1, 0.15) is 0 Å². The first-order valence-electron chi connectivity index (χ1n) is 49.3. The molecular weight excluding hydrogens is 1750 g/mol. The predicted molar refractivity (Wildman–Crippen MR) is 615 cm³/mol. The van der Waals surface area contributed by atoms with Crippen molar-refractivity contribution in [3.63, 3.8) is 0 Å². The van der Waals surface area contributed by atoms with Crippen molar-refractivity contribution in [3.05, 3.63) is 520 Å². The van der Waals surface area contributed by atoms with Crippen LogP contribution in [0, 0.1) is 19.7 Å². The summed E-state index contributed by atoms with van der Waals surface area (Å²) in [5, 5.41) is 38.8. The molecule has 0 atom stereocenters. The fourth-order valence-electron chi connectivity index (χ4n) is 24.4. The summed E-state index contributed by atoms with van der Waals surface area (Å²) < 4.78 is 7.09. The Kier molecular flexibility index (Phi) is 18.5. The van der Waals surface area contributed by atoms with Crippen molar-refractivity contribution in [3.8, 4) is 83.8 Å². The molecule has 31 rings (SSSR count). The molecule has 0 bridgehead atoms. The smallest absolute Gasteiger partial charge is 0.195 e. The van der Waals surface area contributed by atoms with Crippen LogP contribution < -0.4 is 0 Å². The molecular formula is C139H80N6. The molecule has 0 amide bonds. The van der Waals surface area contributed by atoms with Gasteiger partial charge in [0.15, 0.2) is 17.1 Å². The number of hydrogen-bond donors (Lipinski definition) is 0. The highest BCUT2D eigenvalue weighted by Gasteiger charge is 2.28. The standard InChI is InChI=1S/C49H28N2.2C45H26N2/c1-50-45-24-25-46-49-40(45)23-22-31-26-32(27-47(48(31)49)51(46)33-14-3-2-4-15-33)41-28-43-39-20-10-9-19-38(39)42(29-44(43)37-18-8-7-17-36(37)41)35-21-11-13-30-12-5-6-16-34(30)35;1-46-41-22-23-42-45-36(41)21-20-29-24-30(25-43(44(29)45)47(42)31-14-6-3-7-15-31)38-27-40-34-18-10-8-16-32(34)37(28-12-4-2-5-13-28)26-39(40)35-19-11-9-17-33(35)38;1-46-41-23-24-42-45-38(41)22-20-31-25-32(26-43(44(31)45)47(42)33-10-3-2-4-11-33)28-15-17-30(18-16-28)39-27-40-34-12-6-5-9-29(34)19-21-37(40)35-13-7-8-14-36(35)39/h2-29H;2*2-27H. The van der Waals surface area contributed by atoms with E-state index in [9.17, 15) is 0 Å².